The number of nitrogens with one attached hydrogen (secondary N) is 2. The molecule has 2 saturated heterocycles. The summed E-state index contributed by atoms with van der Waals surface area (Å²) in [5, 5.41) is 18.8. The molecule has 0 aliphatic carbocycles. The molecule has 2 unspecified atom stereocenters. The second kappa shape index (κ2) is 15.6. The topological polar surface area (TPSA) is 89.1 Å². The molecule has 4 aliphatic heterocycles. The number of fused-ring (bicyclic) bond motifs is 10. The molecule has 4 aromatic carbocycles. The number of hydrogen-bond donors (Lipinski definition) is 2. The normalized spacial score (nSPS) is 24.9. The van der Waals surface area contributed by atoms with Crippen molar-refractivity contribution in [3.63, 3.8) is 0 Å². The number of carbonyl (C=O) groups excluding carboxylic acids is 2. The van der Waals surface area contributed by atoms with Crippen LogP contribution in [0.25, 0.3) is 0 Å². The van der Waals surface area contributed by atoms with E-state index in [-0.39, 0.29) is 0 Å². The SMILES string of the molecule is C[NH+]1CC[C@@H]2c3ccccc3Sc3ccccc3[C@H]2C1.C[NH+]1CC[C@@H]2c3ccccc3Sc3ccccc3[C@H]2C1.O=C([O-])/C=C\C(=O)[O-]. The molecule has 4 aliphatic rings. The maximum atomic E-state index is 9.41. The van der Waals surface area contributed by atoms with Crippen LogP contribution in [0.5, 0.6) is 0 Å². The number of piperidine rings is 2. The number of benzene rings is 4. The van der Waals surface area contributed by atoms with Gasteiger partial charge in [0, 0.05) is 56.1 Å². The molecule has 4 aromatic rings. The predicted octanol–water partition coefficient (Wildman–Crippen LogP) is 2.92. The maximum absolute atomic E-state index is 9.41. The van der Waals surface area contributed by atoms with Crippen molar-refractivity contribution in [1.82, 2.24) is 0 Å². The molecule has 0 amide bonds. The number of carboxylic acid groups (broad SMARTS) is 2. The van der Waals surface area contributed by atoms with E-state index in [2.05, 4.69) is 111 Å². The Balaban J connectivity index is 0.000000138. The van der Waals surface area contributed by atoms with Crippen LogP contribution in [0.15, 0.2) is 129 Å². The van der Waals surface area contributed by atoms with E-state index in [0.717, 1.165) is 0 Å². The fourth-order valence-electron chi connectivity index (χ4n) is 7.74. The van der Waals surface area contributed by atoms with Crippen molar-refractivity contribution in [2.45, 2.75) is 56.1 Å². The minimum absolute atomic E-state index is 0.384. The number of likely N-dealkylation sites (tertiary alicyclic amines) is 2. The summed E-state index contributed by atoms with van der Waals surface area (Å²) >= 11 is 3.92. The molecule has 0 bridgehead atoms. The van der Waals surface area contributed by atoms with Gasteiger partial charge >= 0.3 is 0 Å². The highest BCUT2D eigenvalue weighted by atomic mass is 32.2. The van der Waals surface area contributed by atoms with Gasteiger partial charge in [-0.05, 0) is 58.7 Å². The number of hydrogen-bond acceptors (Lipinski definition) is 6. The molecule has 0 spiro atoms. The minimum atomic E-state index is -1.55. The van der Waals surface area contributed by atoms with E-state index < -0.39 is 11.9 Å². The van der Waals surface area contributed by atoms with Gasteiger partial charge in [-0.15, -0.1) is 0 Å². The Bertz CT molecular complexity index is 1660. The summed E-state index contributed by atoms with van der Waals surface area (Å²) < 4.78 is 0. The zero-order chi connectivity index (χ0) is 33.6. The van der Waals surface area contributed by atoms with Crippen LogP contribution in [0.1, 0.15) is 58.8 Å². The first-order valence-corrected chi connectivity index (χ1v) is 18.4. The Morgan fingerprint density at radius 1 is 0.542 bits per heavy atom. The molecule has 6 atom stereocenters. The van der Waals surface area contributed by atoms with Gasteiger partial charge in [0.05, 0.1) is 52.2 Å². The third kappa shape index (κ3) is 7.90. The van der Waals surface area contributed by atoms with Gasteiger partial charge in [-0.1, -0.05) is 96.3 Å². The average molecular weight is 679 g/mol. The molecule has 0 radical (unpaired) electrons. The smallest absolute Gasteiger partial charge is 0.0844 e. The summed E-state index contributed by atoms with van der Waals surface area (Å²) in [5.41, 5.74) is 6.29. The first-order chi connectivity index (χ1) is 23.3. The average Bonchev–Trinajstić information content (AvgIpc) is 3.32. The Labute approximate surface area is 291 Å². The summed E-state index contributed by atoms with van der Waals surface area (Å²) in [6.45, 7) is 5.11. The van der Waals surface area contributed by atoms with E-state index in [1.807, 2.05) is 23.5 Å². The van der Waals surface area contributed by atoms with Crippen LogP contribution in [-0.2, 0) is 9.59 Å². The van der Waals surface area contributed by atoms with Gasteiger partial charge in [0.1, 0.15) is 0 Å². The van der Waals surface area contributed by atoms with Crippen molar-refractivity contribution in [2.75, 3.05) is 40.3 Å². The molecule has 8 heteroatoms. The van der Waals surface area contributed by atoms with Crippen LogP contribution >= 0.6 is 23.5 Å². The molecule has 2 N–H and O–H groups in total. The number of carbonyl (C=O) groups is 2. The number of likely N-dealkylation sites (N-methyl/N-ethyl adjacent to an activating group) is 2. The summed E-state index contributed by atoms with van der Waals surface area (Å²) in [6, 6.07) is 36.1. The number of quaternary nitrogens is 2. The Morgan fingerprint density at radius 3 is 1.15 bits per heavy atom. The van der Waals surface area contributed by atoms with E-state index in [1.165, 1.54) is 58.6 Å². The molecule has 48 heavy (non-hydrogen) atoms. The van der Waals surface area contributed by atoms with Gasteiger partial charge in [-0.2, -0.15) is 0 Å². The van der Waals surface area contributed by atoms with Crippen molar-refractivity contribution in [3.8, 4) is 0 Å². The summed E-state index contributed by atoms with van der Waals surface area (Å²) in [4.78, 5) is 28.0. The highest BCUT2D eigenvalue weighted by Gasteiger charge is 2.38. The van der Waals surface area contributed by atoms with Gasteiger partial charge < -0.3 is 29.6 Å². The maximum Gasteiger partial charge on any atom is 0.0844 e. The van der Waals surface area contributed by atoms with E-state index in [4.69, 9.17) is 0 Å². The molecule has 8 rings (SSSR count). The van der Waals surface area contributed by atoms with Crippen molar-refractivity contribution >= 4 is 35.5 Å². The van der Waals surface area contributed by atoms with Gasteiger partial charge in [-0.25, -0.2) is 0 Å². The van der Waals surface area contributed by atoms with Gasteiger partial charge in [-0.3, -0.25) is 0 Å². The third-order valence-corrected chi connectivity index (χ3v) is 12.3. The zero-order valence-corrected chi connectivity index (χ0v) is 29.0. The second-order valence-corrected chi connectivity index (χ2v) is 15.3. The van der Waals surface area contributed by atoms with Gasteiger partial charge in [0.15, 0.2) is 0 Å². The minimum Gasteiger partial charge on any atom is -0.545 e. The third-order valence-electron chi connectivity index (χ3n) is 9.94. The largest absolute Gasteiger partial charge is 0.545 e. The molecular weight excluding hydrogens is 637 g/mol. The van der Waals surface area contributed by atoms with Crippen molar-refractivity contribution in [1.29, 1.82) is 0 Å². The van der Waals surface area contributed by atoms with Gasteiger partial charge in [0.2, 0.25) is 0 Å². The van der Waals surface area contributed by atoms with Crippen LogP contribution < -0.4 is 20.0 Å². The highest BCUT2D eigenvalue weighted by molar-refractivity contribution is 7.99. The Morgan fingerprint density at radius 2 is 0.833 bits per heavy atom. The van der Waals surface area contributed by atoms with Crippen LogP contribution in [0.3, 0.4) is 0 Å². The van der Waals surface area contributed by atoms with Crippen LogP contribution in [-0.4, -0.2) is 52.2 Å². The first-order valence-electron chi connectivity index (χ1n) is 16.7. The zero-order valence-electron chi connectivity index (χ0n) is 27.4. The molecule has 4 heterocycles. The summed E-state index contributed by atoms with van der Waals surface area (Å²) in [5.74, 6) is -0.340. The fourth-order valence-corrected chi connectivity index (χ4v) is 10.1. The van der Waals surface area contributed by atoms with Crippen LogP contribution in [0.2, 0.25) is 0 Å². The number of carboxylic acids is 2. The molecule has 6 nitrogen and oxygen atoms in total. The van der Waals surface area contributed by atoms with Crippen molar-refractivity contribution in [3.05, 3.63) is 131 Å². The summed E-state index contributed by atoms with van der Waals surface area (Å²) in [6.07, 6.45) is 3.38. The van der Waals surface area contributed by atoms with E-state index in [9.17, 15) is 19.8 Å². The van der Waals surface area contributed by atoms with E-state index >= 15 is 0 Å². The standard InChI is InChI=1S/2C18H19NS.C4H4O4/c2*1-19-11-10-13-14-6-2-4-8-17(14)20-18-9-5-3-7-15(18)16(13)12-19;5-3(6)1-2-4(7)8/h2*2-9,13,16H,10-12H2,1H3;1-2H,(H,5,6)(H,7,8)/b;;2-1-/t2*13-,16+;/m11./s1. The monoisotopic (exact) mass is 678 g/mol. The lowest BCUT2D eigenvalue weighted by atomic mass is 9.77. The lowest BCUT2D eigenvalue weighted by molar-refractivity contribution is -0.886. The highest BCUT2D eigenvalue weighted by Crippen LogP contribution is 2.50. The molecule has 0 aromatic heterocycles. The predicted molar refractivity (Wildman–Crippen MR) is 187 cm³/mol. The fraction of sp³-hybridized carbons (Fsp3) is 0.300. The Kier molecular flexibility index (Phi) is 11.1. The molecule has 2 fully saturated rings. The van der Waals surface area contributed by atoms with Gasteiger partial charge in [0.25, 0.3) is 0 Å². The van der Waals surface area contributed by atoms with Crippen molar-refractivity contribution in [2.24, 2.45) is 0 Å². The summed E-state index contributed by atoms with van der Waals surface area (Å²) in [7, 11) is 4.67. The van der Waals surface area contributed by atoms with Crippen LogP contribution in [0.4, 0.5) is 0 Å². The van der Waals surface area contributed by atoms with Crippen LogP contribution in [0, 0.1) is 0 Å². The Hall–Kier alpha value is -3.82. The van der Waals surface area contributed by atoms with E-state index in [1.54, 1.807) is 32.1 Å². The molecule has 0 saturated carbocycles. The molecule has 248 valence electrons. The quantitative estimate of drug-likeness (QED) is 0.317. The lowest BCUT2D eigenvalue weighted by Crippen LogP contribution is -3.10. The number of aliphatic carboxylic acids is 2. The number of rotatable bonds is 2. The van der Waals surface area contributed by atoms with Crippen molar-refractivity contribution < 1.29 is 29.6 Å². The lowest BCUT2D eigenvalue weighted by Gasteiger charge is -2.34. The molecular formula is C40H42N2O4S2. The van der Waals surface area contributed by atoms with E-state index in [0.29, 0.717) is 35.8 Å². The first kappa shape index (κ1) is 34.1. The second-order valence-electron chi connectivity index (χ2n) is 13.2.